The molecular formula is C13H18N2OS. The van der Waals surface area contributed by atoms with Crippen LogP contribution in [0.1, 0.15) is 17.5 Å². The van der Waals surface area contributed by atoms with Crippen LogP contribution in [-0.2, 0) is 11.3 Å². The molecular weight excluding hydrogens is 232 g/mol. The summed E-state index contributed by atoms with van der Waals surface area (Å²) in [6.07, 6.45) is 1.01. The third-order valence-electron chi connectivity index (χ3n) is 3.24. The second-order valence-corrected chi connectivity index (χ2v) is 5.56. The van der Waals surface area contributed by atoms with Crippen molar-refractivity contribution in [2.75, 3.05) is 17.2 Å². The Morgan fingerprint density at radius 1 is 1.59 bits per heavy atom. The summed E-state index contributed by atoms with van der Waals surface area (Å²) in [6, 6.07) is 5.82. The summed E-state index contributed by atoms with van der Waals surface area (Å²) in [4.78, 5) is 11.9. The number of rotatable bonds is 3. The maximum atomic E-state index is 11.9. The number of nitrogens with one attached hydrogen (secondary N) is 1. The Balaban J connectivity index is 1.93. The molecule has 1 aromatic rings. The first kappa shape index (κ1) is 12.3. The minimum absolute atomic E-state index is 0.178. The van der Waals surface area contributed by atoms with Gasteiger partial charge in [-0.1, -0.05) is 12.1 Å². The fourth-order valence-electron chi connectivity index (χ4n) is 1.96. The van der Waals surface area contributed by atoms with Crippen LogP contribution in [0.3, 0.4) is 0 Å². The first-order valence-corrected chi connectivity index (χ1v) is 7.03. The minimum atomic E-state index is 0.178. The lowest BCUT2D eigenvalue weighted by molar-refractivity contribution is -0.124. The van der Waals surface area contributed by atoms with E-state index in [2.05, 4.69) is 5.32 Å². The van der Waals surface area contributed by atoms with Crippen molar-refractivity contribution in [1.82, 2.24) is 5.32 Å². The van der Waals surface area contributed by atoms with Crippen molar-refractivity contribution >= 4 is 23.4 Å². The number of carbonyl (C=O) groups excluding carboxylic acids is 1. The van der Waals surface area contributed by atoms with Gasteiger partial charge in [-0.25, -0.2) is 0 Å². The number of nitrogen functional groups attached to an aromatic ring is 1. The van der Waals surface area contributed by atoms with Gasteiger partial charge in [-0.3, -0.25) is 4.79 Å². The van der Waals surface area contributed by atoms with Crippen molar-refractivity contribution in [3.63, 3.8) is 0 Å². The summed E-state index contributed by atoms with van der Waals surface area (Å²) in [5, 5.41) is 3.00. The van der Waals surface area contributed by atoms with Crippen LogP contribution in [0.4, 0.5) is 5.69 Å². The average molecular weight is 250 g/mol. The Morgan fingerprint density at radius 3 is 3.12 bits per heavy atom. The van der Waals surface area contributed by atoms with Crippen molar-refractivity contribution < 1.29 is 4.79 Å². The second-order valence-electron chi connectivity index (χ2n) is 4.41. The van der Waals surface area contributed by atoms with E-state index in [0.29, 0.717) is 6.54 Å². The van der Waals surface area contributed by atoms with E-state index in [4.69, 9.17) is 5.73 Å². The maximum Gasteiger partial charge on any atom is 0.224 e. The third kappa shape index (κ3) is 2.94. The van der Waals surface area contributed by atoms with E-state index in [-0.39, 0.29) is 11.8 Å². The number of hydrogen-bond acceptors (Lipinski definition) is 3. The summed E-state index contributed by atoms with van der Waals surface area (Å²) < 4.78 is 0. The van der Waals surface area contributed by atoms with Crippen LogP contribution < -0.4 is 11.1 Å². The molecule has 0 aromatic heterocycles. The molecule has 3 nitrogen and oxygen atoms in total. The molecule has 17 heavy (non-hydrogen) atoms. The number of carbonyl (C=O) groups is 1. The fraction of sp³-hybridized carbons (Fsp3) is 0.462. The van der Waals surface area contributed by atoms with E-state index in [0.717, 1.165) is 34.7 Å². The molecule has 3 N–H and O–H groups in total. The Bertz CT molecular complexity index is 414. The maximum absolute atomic E-state index is 11.9. The van der Waals surface area contributed by atoms with Crippen LogP contribution in [0.2, 0.25) is 0 Å². The van der Waals surface area contributed by atoms with Gasteiger partial charge in [0.2, 0.25) is 5.91 Å². The van der Waals surface area contributed by atoms with Crippen LogP contribution >= 0.6 is 11.8 Å². The molecule has 2 rings (SSSR count). The van der Waals surface area contributed by atoms with Crippen molar-refractivity contribution in [3.05, 3.63) is 29.3 Å². The SMILES string of the molecule is Cc1c(N)cccc1CNC(=O)C1CCSC1. The molecule has 0 aliphatic carbocycles. The summed E-state index contributed by atoms with van der Waals surface area (Å²) in [7, 11) is 0. The number of benzene rings is 1. The van der Waals surface area contributed by atoms with Gasteiger partial charge in [0.25, 0.3) is 0 Å². The number of nitrogens with two attached hydrogens (primary N) is 1. The van der Waals surface area contributed by atoms with Gasteiger partial charge < -0.3 is 11.1 Å². The zero-order chi connectivity index (χ0) is 12.3. The lowest BCUT2D eigenvalue weighted by atomic mass is 10.1. The van der Waals surface area contributed by atoms with Gasteiger partial charge >= 0.3 is 0 Å². The van der Waals surface area contributed by atoms with E-state index in [1.54, 1.807) is 0 Å². The molecule has 1 atom stereocenters. The molecule has 1 aliphatic rings. The topological polar surface area (TPSA) is 55.1 Å². The average Bonchev–Trinajstić information content (AvgIpc) is 2.84. The van der Waals surface area contributed by atoms with E-state index < -0.39 is 0 Å². The number of anilines is 1. The number of hydrogen-bond donors (Lipinski definition) is 2. The first-order chi connectivity index (χ1) is 8.18. The molecule has 1 saturated heterocycles. The molecule has 4 heteroatoms. The molecule has 92 valence electrons. The summed E-state index contributed by atoms with van der Waals surface area (Å²) in [6.45, 7) is 2.57. The van der Waals surface area contributed by atoms with E-state index >= 15 is 0 Å². The third-order valence-corrected chi connectivity index (χ3v) is 4.40. The van der Waals surface area contributed by atoms with Gasteiger partial charge in [0.15, 0.2) is 0 Å². The molecule has 0 bridgehead atoms. The van der Waals surface area contributed by atoms with Crippen molar-refractivity contribution in [3.8, 4) is 0 Å². The highest BCUT2D eigenvalue weighted by Crippen LogP contribution is 2.23. The standard InChI is InChI=1S/C13H18N2OS/c1-9-10(3-2-4-12(9)14)7-15-13(16)11-5-6-17-8-11/h2-4,11H,5-8,14H2,1H3,(H,15,16). The van der Waals surface area contributed by atoms with Gasteiger partial charge in [-0.2, -0.15) is 11.8 Å². The van der Waals surface area contributed by atoms with E-state index in [1.807, 2.05) is 36.9 Å². The highest BCUT2D eigenvalue weighted by atomic mass is 32.2. The van der Waals surface area contributed by atoms with Gasteiger partial charge in [0, 0.05) is 23.9 Å². The van der Waals surface area contributed by atoms with Gasteiger partial charge in [-0.05, 0) is 36.3 Å². The molecule has 0 radical (unpaired) electrons. The highest BCUT2D eigenvalue weighted by Gasteiger charge is 2.22. The quantitative estimate of drug-likeness (QED) is 0.806. The van der Waals surface area contributed by atoms with Crippen LogP contribution in [0.5, 0.6) is 0 Å². The smallest absolute Gasteiger partial charge is 0.224 e. The zero-order valence-electron chi connectivity index (χ0n) is 10.0. The van der Waals surface area contributed by atoms with Crippen molar-refractivity contribution in [2.45, 2.75) is 19.9 Å². The predicted molar refractivity (Wildman–Crippen MR) is 72.9 cm³/mol. The molecule has 1 fully saturated rings. The number of amides is 1. The van der Waals surface area contributed by atoms with Gasteiger partial charge in [0.05, 0.1) is 0 Å². The lowest BCUT2D eigenvalue weighted by Crippen LogP contribution is -2.30. The first-order valence-electron chi connectivity index (χ1n) is 5.88. The summed E-state index contributed by atoms with van der Waals surface area (Å²) in [5.74, 6) is 2.44. The van der Waals surface area contributed by atoms with Crippen LogP contribution in [0, 0.1) is 12.8 Å². The normalized spacial score (nSPS) is 19.2. The zero-order valence-corrected chi connectivity index (χ0v) is 10.8. The van der Waals surface area contributed by atoms with Crippen LogP contribution in [0.15, 0.2) is 18.2 Å². The van der Waals surface area contributed by atoms with Crippen LogP contribution in [0.25, 0.3) is 0 Å². The minimum Gasteiger partial charge on any atom is -0.399 e. The molecule has 0 saturated carbocycles. The second kappa shape index (κ2) is 5.45. The summed E-state index contributed by atoms with van der Waals surface area (Å²) >= 11 is 1.86. The monoisotopic (exact) mass is 250 g/mol. The fourth-order valence-corrected chi connectivity index (χ4v) is 3.18. The number of thioether (sulfide) groups is 1. The van der Waals surface area contributed by atoms with Crippen molar-refractivity contribution in [2.24, 2.45) is 5.92 Å². The molecule has 1 aromatic carbocycles. The Kier molecular flexibility index (Phi) is 3.94. The molecule has 1 heterocycles. The summed E-state index contributed by atoms with van der Waals surface area (Å²) in [5.41, 5.74) is 8.78. The lowest BCUT2D eigenvalue weighted by Gasteiger charge is -2.12. The largest absolute Gasteiger partial charge is 0.399 e. The van der Waals surface area contributed by atoms with E-state index in [1.165, 1.54) is 0 Å². The molecule has 1 aliphatic heterocycles. The molecule has 1 unspecified atom stereocenters. The molecule has 1 amide bonds. The van der Waals surface area contributed by atoms with Gasteiger partial charge in [0.1, 0.15) is 0 Å². The Hall–Kier alpha value is -1.16. The van der Waals surface area contributed by atoms with Crippen LogP contribution in [-0.4, -0.2) is 17.4 Å². The predicted octanol–water partition coefficient (Wildman–Crippen LogP) is 1.95. The van der Waals surface area contributed by atoms with Crippen molar-refractivity contribution in [1.29, 1.82) is 0 Å². The van der Waals surface area contributed by atoms with Gasteiger partial charge in [-0.15, -0.1) is 0 Å². The highest BCUT2D eigenvalue weighted by molar-refractivity contribution is 7.99. The molecule has 0 spiro atoms. The Labute approximate surface area is 106 Å². The van der Waals surface area contributed by atoms with E-state index in [9.17, 15) is 4.79 Å². The Morgan fingerprint density at radius 2 is 2.41 bits per heavy atom.